The Morgan fingerprint density at radius 1 is 1.53 bits per heavy atom. The fourth-order valence-electron chi connectivity index (χ4n) is 1.43. The predicted molar refractivity (Wildman–Crippen MR) is 59.0 cm³/mol. The van der Waals surface area contributed by atoms with Crippen LogP contribution < -0.4 is 0 Å². The number of esters is 1. The maximum atomic E-state index is 11.3. The van der Waals surface area contributed by atoms with Crippen LogP contribution >= 0.6 is 15.9 Å². The van der Waals surface area contributed by atoms with Crippen molar-refractivity contribution in [3.8, 4) is 0 Å². The van der Waals surface area contributed by atoms with Crippen molar-refractivity contribution in [2.45, 2.75) is 6.92 Å². The number of ether oxygens (including phenoxy) is 1. The van der Waals surface area contributed by atoms with Crippen LogP contribution in [0.4, 0.5) is 0 Å². The number of methoxy groups -OCH3 is 1. The zero-order valence-electron chi connectivity index (χ0n) is 8.32. The molecule has 0 unspecified atom stereocenters. The molecule has 0 saturated carbocycles. The monoisotopic (exact) mass is 268 g/mol. The summed E-state index contributed by atoms with van der Waals surface area (Å²) in [5.41, 5.74) is 1.44. The predicted octanol–water partition coefficient (Wildman–Crippen LogP) is 2.19. The molecule has 4 nitrogen and oxygen atoms in total. The summed E-state index contributed by atoms with van der Waals surface area (Å²) >= 11 is 3.35. The van der Waals surface area contributed by atoms with Gasteiger partial charge in [-0.25, -0.2) is 9.78 Å². The van der Waals surface area contributed by atoms with Gasteiger partial charge >= 0.3 is 5.97 Å². The number of hydrogen-bond acceptors (Lipinski definition) is 3. The largest absolute Gasteiger partial charge is 0.465 e. The van der Waals surface area contributed by atoms with E-state index in [1.54, 1.807) is 12.3 Å². The molecule has 0 radical (unpaired) electrons. The quantitative estimate of drug-likeness (QED) is 0.745. The first-order chi connectivity index (χ1) is 7.13. The Balaban J connectivity index is 2.65. The summed E-state index contributed by atoms with van der Waals surface area (Å²) < 4.78 is 7.27. The second-order valence-corrected chi connectivity index (χ2v) is 3.87. The maximum absolute atomic E-state index is 11.3. The van der Waals surface area contributed by atoms with Gasteiger partial charge in [-0.05, 0) is 35.0 Å². The second kappa shape index (κ2) is 3.66. The number of hydrogen-bond donors (Lipinski definition) is 0. The first-order valence-corrected chi connectivity index (χ1v) is 5.15. The molecule has 0 fully saturated rings. The Morgan fingerprint density at radius 2 is 2.27 bits per heavy atom. The summed E-state index contributed by atoms with van der Waals surface area (Å²) in [6.45, 7) is 1.87. The van der Waals surface area contributed by atoms with E-state index in [0.717, 1.165) is 15.9 Å². The Morgan fingerprint density at radius 3 is 2.93 bits per heavy atom. The third-order valence-electron chi connectivity index (χ3n) is 2.19. The van der Waals surface area contributed by atoms with Gasteiger partial charge in [-0.1, -0.05) is 0 Å². The molecule has 2 rings (SSSR count). The number of rotatable bonds is 1. The lowest BCUT2D eigenvalue weighted by Crippen LogP contribution is -2.03. The highest BCUT2D eigenvalue weighted by Gasteiger charge is 2.10. The molecule has 0 spiro atoms. The van der Waals surface area contributed by atoms with Gasteiger partial charge in [0.25, 0.3) is 0 Å². The molecule has 2 aromatic heterocycles. The van der Waals surface area contributed by atoms with E-state index in [1.165, 1.54) is 7.11 Å². The standard InChI is InChI=1S/C10H9BrN2O2/c1-6-12-9(11)8-4-3-7(5-13(6)8)10(14)15-2/h3-5H,1-2H3. The first kappa shape index (κ1) is 10.2. The van der Waals surface area contributed by atoms with Gasteiger partial charge in [-0.3, -0.25) is 0 Å². The van der Waals surface area contributed by atoms with E-state index in [1.807, 2.05) is 17.4 Å². The van der Waals surface area contributed by atoms with E-state index in [4.69, 9.17) is 0 Å². The van der Waals surface area contributed by atoms with Crippen molar-refractivity contribution >= 4 is 27.4 Å². The number of fused-ring (bicyclic) bond motifs is 1. The van der Waals surface area contributed by atoms with Gasteiger partial charge in [-0.2, -0.15) is 0 Å². The molecule has 5 heteroatoms. The van der Waals surface area contributed by atoms with Crippen molar-refractivity contribution in [2.24, 2.45) is 0 Å². The first-order valence-electron chi connectivity index (χ1n) is 4.36. The minimum Gasteiger partial charge on any atom is -0.465 e. The molecular formula is C10H9BrN2O2. The van der Waals surface area contributed by atoms with E-state index in [0.29, 0.717) is 5.56 Å². The fourth-order valence-corrected chi connectivity index (χ4v) is 2.01. The molecule has 0 atom stereocenters. The molecule has 0 aromatic carbocycles. The number of carbonyl (C=O) groups is 1. The zero-order valence-corrected chi connectivity index (χ0v) is 9.91. The highest BCUT2D eigenvalue weighted by atomic mass is 79.9. The lowest BCUT2D eigenvalue weighted by molar-refractivity contribution is 0.0600. The lowest BCUT2D eigenvalue weighted by atomic mass is 10.3. The topological polar surface area (TPSA) is 43.6 Å². The molecule has 0 aliphatic heterocycles. The highest BCUT2D eigenvalue weighted by Crippen LogP contribution is 2.19. The second-order valence-electron chi connectivity index (χ2n) is 3.11. The van der Waals surface area contributed by atoms with Gasteiger partial charge in [0.1, 0.15) is 10.4 Å². The molecule has 0 amide bonds. The minimum absolute atomic E-state index is 0.346. The minimum atomic E-state index is -0.346. The van der Waals surface area contributed by atoms with E-state index < -0.39 is 0 Å². The number of halogens is 1. The summed E-state index contributed by atoms with van der Waals surface area (Å²) in [6, 6.07) is 3.55. The van der Waals surface area contributed by atoms with Crippen LogP contribution in [-0.2, 0) is 4.74 Å². The Kier molecular flexibility index (Phi) is 2.48. The maximum Gasteiger partial charge on any atom is 0.339 e. The van der Waals surface area contributed by atoms with Crippen molar-refractivity contribution in [2.75, 3.05) is 7.11 Å². The highest BCUT2D eigenvalue weighted by molar-refractivity contribution is 9.10. The van der Waals surface area contributed by atoms with Gasteiger partial charge in [0.05, 0.1) is 18.2 Å². The normalized spacial score (nSPS) is 10.6. The molecule has 0 aliphatic rings. The fraction of sp³-hybridized carbons (Fsp3) is 0.200. The summed E-state index contributed by atoms with van der Waals surface area (Å²) in [5.74, 6) is 0.476. The van der Waals surface area contributed by atoms with Crippen LogP contribution in [0.15, 0.2) is 22.9 Å². The van der Waals surface area contributed by atoms with Crippen LogP contribution in [0, 0.1) is 6.92 Å². The third kappa shape index (κ3) is 1.63. The summed E-state index contributed by atoms with van der Waals surface area (Å²) in [6.07, 6.45) is 1.72. The van der Waals surface area contributed by atoms with Crippen molar-refractivity contribution in [3.63, 3.8) is 0 Å². The molecule has 0 saturated heterocycles. The number of pyridine rings is 1. The average Bonchev–Trinajstić information content (AvgIpc) is 2.53. The number of aryl methyl sites for hydroxylation is 1. The van der Waals surface area contributed by atoms with Crippen LogP contribution in [0.3, 0.4) is 0 Å². The van der Waals surface area contributed by atoms with E-state index in [-0.39, 0.29) is 5.97 Å². The molecular weight excluding hydrogens is 260 g/mol. The number of nitrogens with zero attached hydrogens (tertiary/aromatic N) is 2. The van der Waals surface area contributed by atoms with Crippen LogP contribution in [0.5, 0.6) is 0 Å². The average molecular weight is 269 g/mol. The number of carbonyl (C=O) groups excluding carboxylic acids is 1. The van der Waals surface area contributed by atoms with Gasteiger partial charge in [0.2, 0.25) is 0 Å². The molecule has 2 aromatic rings. The van der Waals surface area contributed by atoms with Gasteiger partial charge in [0.15, 0.2) is 0 Å². The van der Waals surface area contributed by atoms with Crippen LogP contribution in [0.1, 0.15) is 16.2 Å². The third-order valence-corrected chi connectivity index (χ3v) is 2.77. The zero-order chi connectivity index (χ0) is 11.0. The molecule has 0 bridgehead atoms. The molecule has 78 valence electrons. The summed E-state index contributed by atoms with van der Waals surface area (Å²) in [4.78, 5) is 15.6. The van der Waals surface area contributed by atoms with Crippen molar-refractivity contribution in [1.82, 2.24) is 9.38 Å². The van der Waals surface area contributed by atoms with E-state index in [2.05, 4.69) is 25.7 Å². The molecule has 0 N–H and O–H groups in total. The van der Waals surface area contributed by atoms with E-state index in [9.17, 15) is 4.79 Å². The van der Waals surface area contributed by atoms with Gasteiger partial charge < -0.3 is 9.14 Å². The van der Waals surface area contributed by atoms with Gasteiger partial charge in [0, 0.05) is 6.20 Å². The molecule has 0 aliphatic carbocycles. The van der Waals surface area contributed by atoms with E-state index >= 15 is 0 Å². The van der Waals surface area contributed by atoms with Crippen LogP contribution in [-0.4, -0.2) is 22.5 Å². The SMILES string of the molecule is COC(=O)c1ccc2c(Br)nc(C)n2c1. The van der Waals surface area contributed by atoms with Crippen molar-refractivity contribution < 1.29 is 9.53 Å². The number of aromatic nitrogens is 2. The van der Waals surface area contributed by atoms with Gasteiger partial charge in [-0.15, -0.1) is 0 Å². The van der Waals surface area contributed by atoms with Crippen molar-refractivity contribution in [1.29, 1.82) is 0 Å². The van der Waals surface area contributed by atoms with Crippen LogP contribution in [0.25, 0.3) is 5.52 Å². The summed E-state index contributed by atoms with van der Waals surface area (Å²) in [7, 11) is 1.36. The Bertz CT molecular complexity index is 533. The number of imidazole rings is 1. The molecule has 15 heavy (non-hydrogen) atoms. The Hall–Kier alpha value is -1.36. The molecule has 2 heterocycles. The van der Waals surface area contributed by atoms with Crippen LogP contribution in [0.2, 0.25) is 0 Å². The smallest absolute Gasteiger partial charge is 0.339 e. The lowest BCUT2D eigenvalue weighted by Gasteiger charge is -2.01. The van der Waals surface area contributed by atoms with Crippen molar-refractivity contribution in [3.05, 3.63) is 34.3 Å². The Labute approximate surface area is 95.0 Å². The summed E-state index contributed by atoms with van der Waals surface area (Å²) in [5, 5.41) is 0.